The van der Waals surface area contributed by atoms with E-state index in [1.165, 1.54) is 11.9 Å². The van der Waals surface area contributed by atoms with Crippen molar-refractivity contribution < 1.29 is 9.53 Å². The number of amides is 1. The van der Waals surface area contributed by atoms with Crippen LogP contribution in [0, 0.1) is 13.8 Å². The van der Waals surface area contributed by atoms with Crippen LogP contribution >= 0.6 is 0 Å². The molecule has 0 spiro atoms. The largest absolute Gasteiger partial charge is 0.489 e. The number of ether oxygens (including phenoxy) is 1. The second kappa shape index (κ2) is 8.35. The number of benzene rings is 2. The summed E-state index contributed by atoms with van der Waals surface area (Å²) in [7, 11) is 0. The van der Waals surface area contributed by atoms with Gasteiger partial charge in [-0.15, -0.1) is 15.3 Å². The van der Waals surface area contributed by atoms with E-state index in [1.54, 1.807) is 9.20 Å². The van der Waals surface area contributed by atoms with E-state index in [-0.39, 0.29) is 11.8 Å². The molecule has 3 aromatic heterocycles. The highest BCUT2D eigenvalue weighted by molar-refractivity contribution is 5.95. The first-order valence-corrected chi connectivity index (χ1v) is 11.4. The summed E-state index contributed by atoms with van der Waals surface area (Å²) in [4.78, 5) is 12.9. The molecule has 1 unspecified atom stereocenters. The molecule has 0 aliphatic carbocycles. The van der Waals surface area contributed by atoms with E-state index in [9.17, 15) is 4.79 Å². The number of nitrogens with zero attached hydrogens (tertiary/aromatic N) is 6. The van der Waals surface area contributed by atoms with Crippen molar-refractivity contribution in [3.8, 4) is 11.6 Å². The average Bonchev–Trinajstić information content (AvgIpc) is 3.47. The van der Waals surface area contributed by atoms with Crippen LogP contribution in [0.3, 0.4) is 0 Å². The zero-order chi connectivity index (χ0) is 23.9. The van der Waals surface area contributed by atoms with Gasteiger partial charge in [-0.3, -0.25) is 4.79 Å². The maximum Gasteiger partial charge on any atom is 0.226 e. The standard InChI is InChI=1S/C26H23N7O2/c1-16-7-3-4-8-18(16)14-35-21-10-6-5-9-19(21)20-13-24(34)28-26-25(20)17(2)30-33(26)23-12-11-22-29-27-15-32(22)31-23/h3-12,15,20H,13-14H2,1-2H3,(H,28,34). The molecular weight excluding hydrogens is 442 g/mol. The Hall–Kier alpha value is -4.53. The predicted molar refractivity (Wildman–Crippen MR) is 130 cm³/mol. The maximum absolute atomic E-state index is 12.9. The van der Waals surface area contributed by atoms with E-state index >= 15 is 0 Å². The highest BCUT2D eigenvalue weighted by atomic mass is 16.5. The van der Waals surface area contributed by atoms with Gasteiger partial charge in [-0.25, -0.2) is 0 Å². The molecule has 4 heterocycles. The number of aryl methyl sites for hydroxylation is 2. The summed E-state index contributed by atoms with van der Waals surface area (Å²) in [5.41, 5.74) is 5.68. The topological polar surface area (TPSA) is 99.2 Å². The molecule has 35 heavy (non-hydrogen) atoms. The average molecular weight is 466 g/mol. The molecule has 0 saturated carbocycles. The molecule has 5 aromatic rings. The van der Waals surface area contributed by atoms with Crippen molar-refractivity contribution in [2.75, 3.05) is 5.32 Å². The van der Waals surface area contributed by atoms with Gasteiger partial charge in [0, 0.05) is 23.5 Å². The number of aromatic nitrogens is 6. The van der Waals surface area contributed by atoms with Crippen LogP contribution in [0.15, 0.2) is 67.0 Å². The number of nitrogens with one attached hydrogen (secondary N) is 1. The van der Waals surface area contributed by atoms with Crippen molar-refractivity contribution in [1.29, 1.82) is 0 Å². The quantitative estimate of drug-likeness (QED) is 0.422. The monoisotopic (exact) mass is 465 g/mol. The number of hydrogen-bond acceptors (Lipinski definition) is 6. The van der Waals surface area contributed by atoms with Crippen LogP contribution in [0.25, 0.3) is 11.5 Å². The summed E-state index contributed by atoms with van der Waals surface area (Å²) >= 11 is 0. The number of carbonyl (C=O) groups excluding carboxylic acids is 1. The highest BCUT2D eigenvalue weighted by Crippen LogP contribution is 2.43. The molecule has 1 N–H and O–H groups in total. The van der Waals surface area contributed by atoms with Gasteiger partial charge < -0.3 is 10.1 Å². The van der Waals surface area contributed by atoms with Crippen molar-refractivity contribution in [3.05, 3.63) is 94.9 Å². The van der Waals surface area contributed by atoms with Crippen molar-refractivity contribution in [3.63, 3.8) is 0 Å². The predicted octanol–water partition coefficient (Wildman–Crippen LogP) is 3.98. The fraction of sp³-hybridized carbons (Fsp3) is 0.192. The number of rotatable bonds is 5. The lowest BCUT2D eigenvalue weighted by Crippen LogP contribution is -2.25. The maximum atomic E-state index is 12.9. The van der Waals surface area contributed by atoms with Crippen LogP contribution in [-0.4, -0.2) is 35.5 Å². The van der Waals surface area contributed by atoms with Crippen molar-refractivity contribution >= 4 is 17.4 Å². The summed E-state index contributed by atoms with van der Waals surface area (Å²) < 4.78 is 9.54. The first-order chi connectivity index (χ1) is 17.1. The van der Waals surface area contributed by atoms with Crippen LogP contribution in [0.4, 0.5) is 5.82 Å². The highest BCUT2D eigenvalue weighted by Gasteiger charge is 2.34. The van der Waals surface area contributed by atoms with Gasteiger partial charge in [0.1, 0.15) is 24.5 Å². The van der Waals surface area contributed by atoms with Gasteiger partial charge in [-0.2, -0.15) is 14.3 Å². The fourth-order valence-corrected chi connectivity index (χ4v) is 4.64. The Labute approximate surface area is 201 Å². The molecule has 1 aliphatic heterocycles. The Morgan fingerprint density at radius 3 is 2.74 bits per heavy atom. The van der Waals surface area contributed by atoms with Gasteiger partial charge in [-0.05, 0) is 43.2 Å². The number of hydrogen-bond donors (Lipinski definition) is 1. The van der Waals surface area contributed by atoms with Gasteiger partial charge in [-0.1, -0.05) is 42.5 Å². The summed E-state index contributed by atoms with van der Waals surface area (Å²) in [5.74, 6) is 1.67. The third-order valence-electron chi connectivity index (χ3n) is 6.41. The van der Waals surface area contributed by atoms with E-state index in [0.29, 0.717) is 30.3 Å². The Morgan fingerprint density at radius 2 is 1.86 bits per heavy atom. The summed E-state index contributed by atoms with van der Waals surface area (Å²) in [6.07, 6.45) is 1.84. The Bertz CT molecular complexity index is 1570. The number of para-hydroxylation sites is 1. The van der Waals surface area contributed by atoms with E-state index in [2.05, 4.69) is 39.7 Å². The molecule has 0 bridgehead atoms. The second-order valence-electron chi connectivity index (χ2n) is 8.64. The molecule has 0 fully saturated rings. The molecule has 0 radical (unpaired) electrons. The Morgan fingerprint density at radius 1 is 1.03 bits per heavy atom. The van der Waals surface area contributed by atoms with E-state index < -0.39 is 0 Å². The summed E-state index contributed by atoms with van der Waals surface area (Å²) in [6, 6.07) is 19.7. The first-order valence-electron chi connectivity index (χ1n) is 11.4. The van der Waals surface area contributed by atoms with Crippen LogP contribution in [0.1, 0.15) is 40.3 Å². The van der Waals surface area contributed by atoms with Crippen molar-refractivity contribution in [2.45, 2.75) is 32.8 Å². The normalized spacial score (nSPS) is 15.1. The van der Waals surface area contributed by atoms with E-state index in [1.807, 2.05) is 55.5 Å². The SMILES string of the molecule is Cc1ccccc1COc1ccccc1C1CC(=O)Nc2c1c(C)nn2-c1ccc2nncn2n1. The summed E-state index contributed by atoms with van der Waals surface area (Å²) in [5, 5.41) is 20.2. The Balaban J connectivity index is 1.40. The summed E-state index contributed by atoms with van der Waals surface area (Å²) in [6.45, 7) is 4.48. The smallest absolute Gasteiger partial charge is 0.226 e. The number of anilines is 1. The van der Waals surface area contributed by atoms with Crippen LogP contribution in [0.2, 0.25) is 0 Å². The molecule has 6 rings (SSSR count). The molecule has 9 heteroatoms. The lowest BCUT2D eigenvalue weighted by Gasteiger charge is -2.26. The van der Waals surface area contributed by atoms with Crippen LogP contribution in [-0.2, 0) is 11.4 Å². The van der Waals surface area contributed by atoms with Gasteiger partial charge >= 0.3 is 0 Å². The van der Waals surface area contributed by atoms with Crippen molar-refractivity contribution in [1.82, 2.24) is 29.6 Å². The number of fused-ring (bicyclic) bond motifs is 2. The third kappa shape index (κ3) is 3.71. The van der Waals surface area contributed by atoms with Gasteiger partial charge in [0.2, 0.25) is 5.91 Å². The van der Waals surface area contributed by atoms with Gasteiger partial charge in [0.25, 0.3) is 0 Å². The molecule has 0 saturated heterocycles. The number of carbonyl (C=O) groups is 1. The van der Waals surface area contributed by atoms with Gasteiger partial charge in [0.15, 0.2) is 11.5 Å². The molecule has 1 aliphatic rings. The second-order valence-corrected chi connectivity index (χ2v) is 8.64. The molecule has 1 atom stereocenters. The molecule has 1 amide bonds. The lowest BCUT2D eigenvalue weighted by molar-refractivity contribution is -0.116. The first kappa shape index (κ1) is 21.0. The molecule has 174 valence electrons. The Kier molecular flexibility index (Phi) is 5.02. The zero-order valence-electron chi connectivity index (χ0n) is 19.3. The van der Waals surface area contributed by atoms with Gasteiger partial charge in [0.05, 0.1) is 5.69 Å². The molecule has 2 aromatic carbocycles. The zero-order valence-corrected chi connectivity index (χ0v) is 19.3. The molecule has 9 nitrogen and oxygen atoms in total. The third-order valence-corrected chi connectivity index (χ3v) is 6.41. The van der Waals surface area contributed by atoms with E-state index in [4.69, 9.17) is 9.84 Å². The minimum absolute atomic E-state index is 0.0808. The van der Waals surface area contributed by atoms with Crippen LogP contribution < -0.4 is 10.1 Å². The lowest BCUT2D eigenvalue weighted by atomic mass is 9.85. The minimum atomic E-state index is -0.195. The van der Waals surface area contributed by atoms with E-state index in [0.717, 1.165) is 28.1 Å². The van der Waals surface area contributed by atoms with Crippen molar-refractivity contribution in [2.24, 2.45) is 0 Å². The minimum Gasteiger partial charge on any atom is -0.489 e. The fourth-order valence-electron chi connectivity index (χ4n) is 4.64. The van der Waals surface area contributed by atoms with Crippen LogP contribution in [0.5, 0.6) is 5.75 Å². The molecular formula is C26H23N7O2.